The first kappa shape index (κ1) is 16.2. The van der Waals surface area contributed by atoms with E-state index in [1.54, 1.807) is 12.4 Å². The van der Waals surface area contributed by atoms with Crippen LogP contribution in [0.4, 0.5) is 13.2 Å². The molecule has 6 heteroatoms. The predicted molar refractivity (Wildman–Crippen MR) is 73.8 cm³/mol. The molecular formula is C15H21F3N2O. The lowest BCUT2D eigenvalue weighted by molar-refractivity contribution is -0.188. The zero-order chi connectivity index (χ0) is 15.3. The fraction of sp³-hybridized carbons (Fsp3) is 0.667. The van der Waals surface area contributed by atoms with Gasteiger partial charge in [-0.15, -0.1) is 0 Å². The van der Waals surface area contributed by atoms with E-state index in [0.29, 0.717) is 12.8 Å². The maximum absolute atomic E-state index is 12.2. The molecule has 1 fully saturated rings. The number of hydrogen-bond donors (Lipinski definition) is 1. The van der Waals surface area contributed by atoms with Gasteiger partial charge in [0.05, 0.1) is 6.10 Å². The number of nitrogens with one attached hydrogen (secondary N) is 1. The molecule has 1 aliphatic rings. The molecule has 0 radical (unpaired) electrons. The van der Waals surface area contributed by atoms with Crippen LogP contribution >= 0.6 is 0 Å². The number of halogens is 3. The van der Waals surface area contributed by atoms with E-state index >= 15 is 0 Å². The van der Waals surface area contributed by atoms with E-state index in [-0.39, 0.29) is 18.2 Å². The molecule has 0 aliphatic heterocycles. The van der Waals surface area contributed by atoms with E-state index in [0.717, 1.165) is 18.4 Å². The molecule has 118 valence electrons. The van der Waals surface area contributed by atoms with Gasteiger partial charge in [0, 0.05) is 24.5 Å². The normalized spacial score (nSPS) is 24.8. The van der Waals surface area contributed by atoms with Crippen molar-refractivity contribution in [2.45, 2.75) is 57.0 Å². The van der Waals surface area contributed by atoms with E-state index in [4.69, 9.17) is 4.74 Å². The Morgan fingerprint density at radius 1 is 1.43 bits per heavy atom. The molecule has 0 spiro atoms. The third-order valence-electron chi connectivity index (χ3n) is 3.78. The fourth-order valence-corrected chi connectivity index (χ4v) is 2.74. The van der Waals surface area contributed by atoms with Gasteiger partial charge in [-0.1, -0.05) is 6.07 Å². The van der Waals surface area contributed by atoms with Crippen LogP contribution in [0.3, 0.4) is 0 Å². The quantitative estimate of drug-likeness (QED) is 0.902. The van der Waals surface area contributed by atoms with E-state index < -0.39 is 12.8 Å². The summed E-state index contributed by atoms with van der Waals surface area (Å²) < 4.78 is 41.6. The molecule has 0 aromatic carbocycles. The summed E-state index contributed by atoms with van der Waals surface area (Å²) in [6.45, 7) is 0.889. The van der Waals surface area contributed by atoms with Crippen LogP contribution in [0, 0.1) is 0 Å². The monoisotopic (exact) mass is 302 g/mol. The summed E-state index contributed by atoms with van der Waals surface area (Å²) in [7, 11) is 0. The number of hydrogen-bond acceptors (Lipinski definition) is 3. The lowest BCUT2D eigenvalue weighted by atomic mass is 9.92. The molecular weight excluding hydrogens is 281 g/mol. The van der Waals surface area contributed by atoms with Crippen molar-refractivity contribution in [2.75, 3.05) is 6.61 Å². The van der Waals surface area contributed by atoms with Crippen molar-refractivity contribution in [3.05, 3.63) is 30.1 Å². The van der Waals surface area contributed by atoms with E-state index in [2.05, 4.69) is 10.3 Å². The minimum Gasteiger partial charge on any atom is -0.369 e. The molecule has 1 aliphatic carbocycles. The number of nitrogens with zero attached hydrogens (tertiary/aromatic N) is 1. The summed E-state index contributed by atoms with van der Waals surface area (Å²) in [4.78, 5) is 4.08. The highest BCUT2D eigenvalue weighted by Crippen LogP contribution is 2.25. The molecule has 21 heavy (non-hydrogen) atoms. The summed E-state index contributed by atoms with van der Waals surface area (Å²) in [6, 6.07) is 4.19. The van der Waals surface area contributed by atoms with Gasteiger partial charge in [0.25, 0.3) is 0 Å². The van der Waals surface area contributed by atoms with Gasteiger partial charge < -0.3 is 10.1 Å². The summed E-state index contributed by atoms with van der Waals surface area (Å²) in [5, 5.41) is 3.46. The molecule has 0 bridgehead atoms. The maximum Gasteiger partial charge on any atom is 0.411 e. The molecule has 3 nitrogen and oxygen atoms in total. The van der Waals surface area contributed by atoms with Crippen molar-refractivity contribution in [1.82, 2.24) is 10.3 Å². The molecule has 1 heterocycles. The highest BCUT2D eigenvalue weighted by Gasteiger charge is 2.31. The zero-order valence-corrected chi connectivity index (χ0v) is 12.1. The summed E-state index contributed by atoms with van der Waals surface area (Å²) in [5.74, 6) is 0. The number of rotatable bonds is 5. The number of pyridine rings is 1. The van der Waals surface area contributed by atoms with Crippen LogP contribution in [-0.4, -0.2) is 29.9 Å². The van der Waals surface area contributed by atoms with Gasteiger partial charge in [-0.25, -0.2) is 0 Å². The SMILES string of the molecule is CC(NC1CCCC(OCC(F)(F)F)C1)c1cccnc1. The minimum atomic E-state index is -4.25. The topological polar surface area (TPSA) is 34.1 Å². The largest absolute Gasteiger partial charge is 0.411 e. The second kappa shape index (κ2) is 7.22. The molecule has 1 aromatic heterocycles. The molecule has 0 saturated heterocycles. The Hall–Kier alpha value is -1.14. The molecule has 3 atom stereocenters. The third kappa shape index (κ3) is 5.63. The standard InChI is InChI=1S/C15H21F3N2O/c1-11(12-4-3-7-19-9-12)20-13-5-2-6-14(8-13)21-10-15(16,17)18/h3-4,7,9,11,13-14,20H,2,5-6,8,10H2,1H3. The summed E-state index contributed by atoms with van der Waals surface area (Å²) >= 11 is 0. The van der Waals surface area contributed by atoms with Crippen molar-refractivity contribution in [1.29, 1.82) is 0 Å². The van der Waals surface area contributed by atoms with Crippen molar-refractivity contribution in [2.24, 2.45) is 0 Å². The average Bonchev–Trinajstić information content (AvgIpc) is 2.46. The zero-order valence-electron chi connectivity index (χ0n) is 12.1. The Balaban J connectivity index is 1.81. The Kier molecular flexibility index (Phi) is 5.58. The van der Waals surface area contributed by atoms with Crippen LogP contribution in [0.5, 0.6) is 0 Å². The summed E-state index contributed by atoms with van der Waals surface area (Å²) in [6.07, 6.45) is 2.16. The highest BCUT2D eigenvalue weighted by atomic mass is 19.4. The van der Waals surface area contributed by atoms with Crippen LogP contribution in [0.25, 0.3) is 0 Å². The smallest absolute Gasteiger partial charge is 0.369 e. The van der Waals surface area contributed by atoms with Crippen molar-refractivity contribution in [3.63, 3.8) is 0 Å². The third-order valence-corrected chi connectivity index (χ3v) is 3.78. The van der Waals surface area contributed by atoms with Gasteiger partial charge in [-0.2, -0.15) is 13.2 Å². The second-order valence-electron chi connectivity index (χ2n) is 5.59. The number of ether oxygens (including phenoxy) is 1. The molecule has 0 amide bonds. The summed E-state index contributed by atoms with van der Waals surface area (Å²) in [5.41, 5.74) is 1.08. The van der Waals surface area contributed by atoms with Crippen molar-refractivity contribution < 1.29 is 17.9 Å². The first-order chi connectivity index (χ1) is 9.94. The van der Waals surface area contributed by atoms with E-state index in [9.17, 15) is 13.2 Å². The first-order valence-corrected chi connectivity index (χ1v) is 7.28. The van der Waals surface area contributed by atoms with E-state index in [1.165, 1.54) is 0 Å². The van der Waals surface area contributed by atoms with Crippen LogP contribution in [0.2, 0.25) is 0 Å². The number of alkyl halides is 3. The lowest BCUT2D eigenvalue weighted by Crippen LogP contribution is -2.39. The van der Waals surface area contributed by atoms with Crippen LogP contribution in [0.1, 0.15) is 44.2 Å². The van der Waals surface area contributed by atoms with Gasteiger partial charge in [-0.05, 0) is 44.2 Å². The molecule has 1 N–H and O–H groups in total. The fourth-order valence-electron chi connectivity index (χ4n) is 2.74. The van der Waals surface area contributed by atoms with E-state index in [1.807, 2.05) is 19.1 Å². The van der Waals surface area contributed by atoms with Crippen molar-refractivity contribution >= 4 is 0 Å². The van der Waals surface area contributed by atoms with Crippen LogP contribution < -0.4 is 5.32 Å². The Bertz CT molecular complexity index is 425. The van der Waals surface area contributed by atoms with Crippen LogP contribution in [-0.2, 0) is 4.74 Å². The lowest BCUT2D eigenvalue weighted by Gasteiger charge is -2.32. The molecule has 2 rings (SSSR count). The van der Waals surface area contributed by atoms with Crippen LogP contribution in [0.15, 0.2) is 24.5 Å². The maximum atomic E-state index is 12.2. The molecule has 1 aromatic rings. The Morgan fingerprint density at radius 2 is 2.24 bits per heavy atom. The predicted octanol–water partition coefficient (Wildman–Crippen LogP) is 3.62. The van der Waals surface area contributed by atoms with Gasteiger partial charge in [-0.3, -0.25) is 4.98 Å². The average molecular weight is 302 g/mol. The van der Waals surface area contributed by atoms with Gasteiger partial charge >= 0.3 is 6.18 Å². The molecule has 3 unspecified atom stereocenters. The molecule has 1 saturated carbocycles. The van der Waals surface area contributed by atoms with Gasteiger partial charge in [0.1, 0.15) is 6.61 Å². The first-order valence-electron chi connectivity index (χ1n) is 7.28. The van der Waals surface area contributed by atoms with Gasteiger partial charge in [0.15, 0.2) is 0 Å². The minimum absolute atomic E-state index is 0.130. The Labute approximate surface area is 122 Å². The van der Waals surface area contributed by atoms with Crippen molar-refractivity contribution in [3.8, 4) is 0 Å². The highest BCUT2D eigenvalue weighted by molar-refractivity contribution is 5.13. The number of aromatic nitrogens is 1. The Morgan fingerprint density at radius 3 is 2.90 bits per heavy atom. The van der Waals surface area contributed by atoms with Gasteiger partial charge in [0.2, 0.25) is 0 Å². The second-order valence-corrected chi connectivity index (χ2v) is 5.59.